The minimum absolute atomic E-state index is 0.221. The largest absolute Gasteiger partial charge is 0.491 e. The van der Waals surface area contributed by atoms with E-state index in [9.17, 15) is 0 Å². The summed E-state index contributed by atoms with van der Waals surface area (Å²) in [5.41, 5.74) is 1.21. The van der Waals surface area contributed by atoms with Crippen molar-refractivity contribution >= 4 is 15.9 Å². The number of benzene rings is 1. The van der Waals surface area contributed by atoms with Gasteiger partial charge in [-0.2, -0.15) is 0 Å². The predicted octanol–water partition coefficient (Wildman–Crippen LogP) is 2.96. The number of nitrogens with one attached hydrogen (secondary N) is 1. The zero-order valence-electron chi connectivity index (χ0n) is 8.80. The van der Waals surface area contributed by atoms with Gasteiger partial charge in [-0.1, -0.05) is 15.9 Å². The summed E-state index contributed by atoms with van der Waals surface area (Å²) in [5.74, 6) is 0.924. The Morgan fingerprint density at radius 1 is 1.43 bits per heavy atom. The number of rotatable bonds is 4. The van der Waals surface area contributed by atoms with Crippen LogP contribution in [0.4, 0.5) is 0 Å². The van der Waals surface area contributed by atoms with Crippen molar-refractivity contribution in [3.63, 3.8) is 0 Å². The van der Waals surface area contributed by atoms with E-state index in [1.165, 1.54) is 5.56 Å². The Kier molecular flexibility index (Phi) is 4.42. The van der Waals surface area contributed by atoms with Crippen LogP contribution in [0.5, 0.6) is 5.75 Å². The maximum atomic E-state index is 5.61. The average molecular weight is 258 g/mol. The summed E-state index contributed by atoms with van der Waals surface area (Å²) >= 11 is 3.50. The third kappa shape index (κ3) is 3.31. The predicted molar refractivity (Wildman–Crippen MR) is 62.7 cm³/mol. The van der Waals surface area contributed by atoms with Crippen molar-refractivity contribution < 1.29 is 4.74 Å². The van der Waals surface area contributed by atoms with E-state index >= 15 is 0 Å². The van der Waals surface area contributed by atoms with Gasteiger partial charge in [0.1, 0.15) is 5.75 Å². The van der Waals surface area contributed by atoms with Gasteiger partial charge in [-0.3, -0.25) is 0 Å². The highest BCUT2D eigenvalue weighted by atomic mass is 79.9. The van der Waals surface area contributed by atoms with Crippen molar-refractivity contribution in [2.75, 3.05) is 7.05 Å². The molecule has 78 valence electrons. The quantitative estimate of drug-likeness (QED) is 0.896. The third-order valence-electron chi connectivity index (χ3n) is 1.76. The second-order valence-electron chi connectivity index (χ2n) is 3.45. The zero-order valence-corrected chi connectivity index (χ0v) is 10.4. The van der Waals surface area contributed by atoms with Crippen molar-refractivity contribution in [2.45, 2.75) is 26.5 Å². The lowest BCUT2D eigenvalue weighted by Crippen LogP contribution is -2.08. The number of ether oxygens (including phenoxy) is 1. The van der Waals surface area contributed by atoms with Crippen LogP contribution in [0.2, 0.25) is 0 Å². The molecule has 0 aliphatic carbocycles. The van der Waals surface area contributed by atoms with Crippen molar-refractivity contribution in [3.8, 4) is 5.75 Å². The van der Waals surface area contributed by atoms with E-state index in [1.54, 1.807) is 0 Å². The van der Waals surface area contributed by atoms with Crippen LogP contribution in [0.1, 0.15) is 19.4 Å². The summed E-state index contributed by atoms with van der Waals surface area (Å²) < 4.78 is 6.72. The topological polar surface area (TPSA) is 21.3 Å². The minimum Gasteiger partial charge on any atom is -0.491 e. The second-order valence-corrected chi connectivity index (χ2v) is 4.30. The molecule has 2 nitrogen and oxygen atoms in total. The van der Waals surface area contributed by atoms with Crippen molar-refractivity contribution in [1.29, 1.82) is 0 Å². The van der Waals surface area contributed by atoms with Gasteiger partial charge in [0.15, 0.2) is 0 Å². The molecule has 0 fully saturated rings. The van der Waals surface area contributed by atoms with Gasteiger partial charge < -0.3 is 10.1 Å². The van der Waals surface area contributed by atoms with Crippen LogP contribution in [-0.4, -0.2) is 13.2 Å². The SMILES string of the molecule is CNCc1cc(OC(C)C)ccc1Br. The molecular formula is C11H16BrNO. The summed E-state index contributed by atoms with van der Waals surface area (Å²) in [6, 6.07) is 6.05. The Morgan fingerprint density at radius 3 is 2.71 bits per heavy atom. The molecule has 0 amide bonds. The first-order chi connectivity index (χ1) is 6.63. The molecule has 0 radical (unpaired) electrons. The van der Waals surface area contributed by atoms with Crippen molar-refractivity contribution in [2.24, 2.45) is 0 Å². The van der Waals surface area contributed by atoms with Gasteiger partial charge in [-0.05, 0) is 44.7 Å². The molecule has 1 aromatic rings. The van der Waals surface area contributed by atoms with Crippen LogP contribution in [-0.2, 0) is 6.54 Å². The monoisotopic (exact) mass is 257 g/mol. The Morgan fingerprint density at radius 2 is 2.14 bits per heavy atom. The number of hydrogen-bond acceptors (Lipinski definition) is 2. The highest BCUT2D eigenvalue weighted by Gasteiger charge is 2.02. The van der Waals surface area contributed by atoms with Gasteiger partial charge in [0.05, 0.1) is 6.10 Å². The van der Waals surface area contributed by atoms with Gasteiger partial charge in [0.25, 0.3) is 0 Å². The van der Waals surface area contributed by atoms with E-state index in [0.717, 1.165) is 16.8 Å². The van der Waals surface area contributed by atoms with Gasteiger partial charge in [-0.15, -0.1) is 0 Å². The molecule has 3 heteroatoms. The van der Waals surface area contributed by atoms with E-state index in [2.05, 4.69) is 27.3 Å². The normalized spacial score (nSPS) is 10.6. The Labute approximate surface area is 93.8 Å². The highest BCUT2D eigenvalue weighted by molar-refractivity contribution is 9.10. The van der Waals surface area contributed by atoms with Gasteiger partial charge in [0, 0.05) is 11.0 Å². The van der Waals surface area contributed by atoms with Gasteiger partial charge in [-0.25, -0.2) is 0 Å². The van der Waals surface area contributed by atoms with E-state index in [0.29, 0.717) is 0 Å². The van der Waals surface area contributed by atoms with Crippen LogP contribution in [0.15, 0.2) is 22.7 Å². The minimum atomic E-state index is 0.221. The lowest BCUT2D eigenvalue weighted by atomic mass is 10.2. The molecule has 1 rings (SSSR count). The molecule has 0 heterocycles. The number of halogens is 1. The molecular weight excluding hydrogens is 242 g/mol. The molecule has 0 aliphatic rings. The van der Waals surface area contributed by atoms with Crippen LogP contribution in [0.3, 0.4) is 0 Å². The average Bonchev–Trinajstić information content (AvgIpc) is 2.10. The van der Waals surface area contributed by atoms with Gasteiger partial charge >= 0.3 is 0 Å². The molecule has 0 unspecified atom stereocenters. The highest BCUT2D eigenvalue weighted by Crippen LogP contribution is 2.23. The van der Waals surface area contributed by atoms with E-state index in [-0.39, 0.29) is 6.10 Å². The zero-order chi connectivity index (χ0) is 10.6. The van der Waals surface area contributed by atoms with Crippen LogP contribution < -0.4 is 10.1 Å². The fraction of sp³-hybridized carbons (Fsp3) is 0.455. The van der Waals surface area contributed by atoms with E-state index in [1.807, 2.05) is 33.0 Å². The first-order valence-corrected chi connectivity index (χ1v) is 5.52. The molecule has 0 aliphatic heterocycles. The molecule has 14 heavy (non-hydrogen) atoms. The lowest BCUT2D eigenvalue weighted by molar-refractivity contribution is 0.242. The van der Waals surface area contributed by atoms with Crippen LogP contribution in [0.25, 0.3) is 0 Å². The summed E-state index contributed by atoms with van der Waals surface area (Å²) in [6.45, 7) is 4.90. The smallest absolute Gasteiger partial charge is 0.120 e. The summed E-state index contributed by atoms with van der Waals surface area (Å²) in [5, 5.41) is 3.12. The Hall–Kier alpha value is -0.540. The molecule has 1 N–H and O–H groups in total. The molecule has 0 aromatic heterocycles. The summed E-state index contributed by atoms with van der Waals surface area (Å²) in [6.07, 6.45) is 0.221. The van der Waals surface area contributed by atoms with Crippen LogP contribution >= 0.6 is 15.9 Å². The van der Waals surface area contributed by atoms with Crippen molar-refractivity contribution in [3.05, 3.63) is 28.2 Å². The molecule has 0 saturated carbocycles. The first kappa shape index (κ1) is 11.5. The maximum Gasteiger partial charge on any atom is 0.120 e. The second kappa shape index (κ2) is 5.37. The third-order valence-corrected chi connectivity index (χ3v) is 2.53. The maximum absolute atomic E-state index is 5.61. The molecule has 0 bridgehead atoms. The Bertz CT molecular complexity index is 299. The Balaban J connectivity index is 2.83. The lowest BCUT2D eigenvalue weighted by Gasteiger charge is -2.12. The van der Waals surface area contributed by atoms with Gasteiger partial charge in [0.2, 0.25) is 0 Å². The fourth-order valence-corrected chi connectivity index (χ4v) is 1.61. The van der Waals surface area contributed by atoms with E-state index < -0.39 is 0 Å². The molecule has 1 aromatic carbocycles. The fourth-order valence-electron chi connectivity index (χ4n) is 1.22. The van der Waals surface area contributed by atoms with Crippen molar-refractivity contribution in [1.82, 2.24) is 5.32 Å². The standard InChI is InChI=1S/C11H16BrNO/c1-8(2)14-10-4-5-11(12)9(6-10)7-13-3/h4-6,8,13H,7H2,1-3H3. The molecule has 0 atom stereocenters. The number of hydrogen-bond donors (Lipinski definition) is 1. The van der Waals surface area contributed by atoms with Crippen LogP contribution in [0, 0.1) is 0 Å². The molecule has 0 spiro atoms. The summed E-state index contributed by atoms with van der Waals surface area (Å²) in [4.78, 5) is 0. The summed E-state index contributed by atoms with van der Waals surface area (Å²) in [7, 11) is 1.93. The molecule has 0 saturated heterocycles. The van der Waals surface area contributed by atoms with E-state index in [4.69, 9.17) is 4.74 Å². The first-order valence-electron chi connectivity index (χ1n) is 4.73.